The Morgan fingerprint density at radius 2 is 1.68 bits per heavy atom. The van der Waals surface area contributed by atoms with Gasteiger partial charge in [0, 0.05) is 17.7 Å². The summed E-state index contributed by atoms with van der Waals surface area (Å²) in [4.78, 5) is 7.49. The van der Waals surface area contributed by atoms with Gasteiger partial charge < -0.3 is 9.15 Å². The minimum Gasteiger partial charge on any atom is -0.497 e. The number of hydrogen-bond acceptors (Lipinski definition) is 4. The van der Waals surface area contributed by atoms with Crippen LogP contribution in [0.3, 0.4) is 0 Å². The summed E-state index contributed by atoms with van der Waals surface area (Å²) in [6, 6.07) is 29.0. The summed E-state index contributed by atoms with van der Waals surface area (Å²) in [5.74, 6) is 2.54. The summed E-state index contributed by atoms with van der Waals surface area (Å²) < 4.78 is 11.9. The van der Waals surface area contributed by atoms with Gasteiger partial charge in [0.1, 0.15) is 11.4 Å². The highest BCUT2D eigenvalue weighted by Crippen LogP contribution is 2.39. The quantitative estimate of drug-likeness (QED) is 0.371. The van der Waals surface area contributed by atoms with Crippen LogP contribution in [-0.2, 0) is 6.54 Å². The van der Waals surface area contributed by atoms with Gasteiger partial charge >= 0.3 is 0 Å². The van der Waals surface area contributed by atoms with E-state index in [9.17, 15) is 0 Å². The van der Waals surface area contributed by atoms with Crippen molar-refractivity contribution in [3.8, 4) is 28.3 Å². The van der Waals surface area contributed by atoms with E-state index in [4.69, 9.17) is 14.1 Å². The third kappa shape index (κ3) is 4.12. The fourth-order valence-corrected chi connectivity index (χ4v) is 4.36. The van der Waals surface area contributed by atoms with Gasteiger partial charge in [-0.25, -0.2) is 4.98 Å². The van der Waals surface area contributed by atoms with Gasteiger partial charge in [0.2, 0.25) is 5.89 Å². The molecule has 1 fully saturated rings. The molecule has 2 heterocycles. The van der Waals surface area contributed by atoms with E-state index >= 15 is 0 Å². The highest BCUT2D eigenvalue weighted by molar-refractivity contribution is 5.76. The lowest BCUT2D eigenvalue weighted by molar-refractivity contribution is 0.215. The number of benzene rings is 3. The van der Waals surface area contributed by atoms with Crippen LogP contribution in [0.15, 0.2) is 89.3 Å². The zero-order chi connectivity index (χ0) is 21.0. The summed E-state index contributed by atoms with van der Waals surface area (Å²) in [5.41, 5.74) is 4.28. The lowest BCUT2D eigenvalue weighted by Crippen LogP contribution is -2.23. The lowest BCUT2D eigenvalue weighted by atomic mass is 10.1. The Balaban J connectivity index is 1.50. The summed E-state index contributed by atoms with van der Waals surface area (Å²) in [6.45, 7) is 1.89. The number of nitrogens with zero attached hydrogens (tertiary/aromatic N) is 2. The average molecular weight is 411 g/mol. The second-order valence-corrected chi connectivity index (χ2v) is 7.94. The van der Waals surface area contributed by atoms with E-state index in [1.54, 1.807) is 7.11 Å². The van der Waals surface area contributed by atoms with Gasteiger partial charge in [0.15, 0.2) is 5.76 Å². The van der Waals surface area contributed by atoms with Crippen LogP contribution in [0.25, 0.3) is 22.6 Å². The molecule has 156 valence electrons. The third-order valence-corrected chi connectivity index (χ3v) is 5.90. The minimum absolute atomic E-state index is 0.172. The normalized spacial score (nSPS) is 16.5. The maximum absolute atomic E-state index is 6.47. The van der Waals surface area contributed by atoms with Crippen molar-refractivity contribution in [3.63, 3.8) is 0 Å². The van der Waals surface area contributed by atoms with Gasteiger partial charge in [-0.3, -0.25) is 4.90 Å². The number of hydrogen-bond donors (Lipinski definition) is 0. The molecule has 0 amide bonds. The van der Waals surface area contributed by atoms with E-state index in [1.807, 2.05) is 48.5 Å². The first-order valence-corrected chi connectivity index (χ1v) is 10.8. The van der Waals surface area contributed by atoms with E-state index in [0.717, 1.165) is 60.2 Å². The van der Waals surface area contributed by atoms with Gasteiger partial charge in [-0.2, -0.15) is 0 Å². The first kappa shape index (κ1) is 19.6. The van der Waals surface area contributed by atoms with Gasteiger partial charge in [0.25, 0.3) is 0 Å². The maximum Gasteiger partial charge on any atom is 0.212 e. The molecular weight excluding hydrogens is 384 g/mol. The molecule has 31 heavy (non-hydrogen) atoms. The van der Waals surface area contributed by atoms with Crippen molar-refractivity contribution < 1.29 is 9.15 Å². The molecule has 5 rings (SSSR count). The van der Waals surface area contributed by atoms with Gasteiger partial charge in [-0.05, 0) is 37.1 Å². The molecule has 1 aliphatic heterocycles. The Labute approximate surface area is 183 Å². The van der Waals surface area contributed by atoms with Crippen molar-refractivity contribution >= 4 is 0 Å². The molecule has 1 atom stereocenters. The van der Waals surface area contributed by atoms with Crippen molar-refractivity contribution in [2.24, 2.45) is 0 Å². The van der Waals surface area contributed by atoms with E-state index < -0.39 is 0 Å². The molecular formula is C27H26N2O2. The topological polar surface area (TPSA) is 38.5 Å². The van der Waals surface area contributed by atoms with E-state index in [-0.39, 0.29) is 6.04 Å². The lowest BCUT2D eigenvalue weighted by Gasteiger charge is -2.22. The number of methoxy groups -OCH3 is 1. The summed E-state index contributed by atoms with van der Waals surface area (Å²) in [5, 5.41) is 0. The van der Waals surface area contributed by atoms with Crippen LogP contribution in [-0.4, -0.2) is 23.5 Å². The molecule has 1 aromatic heterocycles. The SMILES string of the molecule is COc1cccc(CN2CCCC2c2nc(-c3ccccc3)c(-c3ccccc3)o2)c1. The molecule has 3 aromatic carbocycles. The van der Waals surface area contributed by atoms with Crippen molar-refractivity contribution in [2.75, 3.05) is 13.7 Å². The smallest absolute Gasteiger partial charge is 0.212 e. The molecule has 0 bridgehead atoms. The van der Waals surface area contributed by atoms with E-state index in [1.165, 1.54) is 5.56 Å². The van der Waals surface area contributed by atoms with E-state index in [0.29, 0.717) is 0 Å². The highest BCUT2D eigenvalue weighted by atomic mass is 16.5. The monoisotopic (exact) mass is 410 g/mol. The van der Waals surface area contributed by atoms with Crippen LogP contribution < -0.4 is 4.74 Å². The molecule has 0 N–H and O–H groups in total. The second kappa shape index (κ2) is 8.78. The number of aromatic nitrogens is 1. The van der Waals surface area contributed by atoms with Crippen molar-refractivity contribution in [3.05, 3.63) is 96.4 Å². The van der Waals surface area contributed by atoms with Gasteiger partial charge in [-0.1, -0.05) is 72.8 Å². The van der Waals surface area contributed by atoms with Crippen LogP contribution in [0.1, 0.15) is 30.3 Å². The molecule has 0 aliphatic carbocycles. The Morgan fingerprint density at radius 3 is 2.42 bits per heavy atom. The molecule has 4 aromatic rings. The molecule has 1 aliphatic rings. The first-order chi connectivity index (χ1) is 15.3. The Bertz CT molecular complexity index is 1080. The van der Waals surface area contributed by atoms with Crippen molar-refractivity contribution in [1.82, 2.24) is 9.88 Å². The molecule has 4 nitrogen and oxygen atoms in total. The fraction of sp³-hybridized carbons (Fsp3) is 0.222. The predicted molar refractivity (Wildman–Crippen MR) is 123 cm³/mol. The molecule has 0 spiro atoms. The Kier molecular flexibility index (Phi) is 5.55. The highest BCUT2D eigenvalue weighted by Gasteiger charge is 2.31. The third-order valence-electron chi connectivity index (χ3n) is 5.90. The Hall–Kier alpha value is -3.37. The fourth-order valence-electron chi connectivity index (χ4n) is 4.36. The van der Waals surface area contributed by atoms with Crippen LogP contribution in [0.2, 0.25) is 0 Å². The maximum atomic E-state index is 6.47. The minimum atomic E-state index is 0.172. The number of likely N-dealkylation sites (tertiary alicyclic amines) is 1. The molecule has 4 heteroatoms. The number of rotatable bonds is 6. The largest absolute Gasteiger partial charge is 0.497 e. The zero-order valence-electron chi connectivity index (χ0n) is 17.7. The van der Waals surface area contributed by atoms with Crippen LogP contribution in [0.5, 0.6) is 5.75 Å². The first-order valence-electron chi connectivity index (χ1n) is 10.8. The summed E-state index contributed by atoms with van der Waals surface area (Å²) >= 11 is 0. The van der Waals surface area contributed by atoms with Crippen LogP contribution >= 0.6 is 0 Å². The standard InChI is InChI=1S/C27H26N2O2/c1-30-23-15-8-10-20(18-23)19-29-17-9-16-24(29)27-28-25(21-11-4-2-5-12-21)26(31-27)22-13-6-3-7-14-22/h2-8,10-15,18,24H,9,16-17,19H2,1H3. The molecule has 1 unspecified atom stereocenters. The number of oxazole rings is 1. The summed E-state index contributed by atoms with van der Waals surface area (Å²) in [7, 11) is 1.71. The van der Waals surface area contributed by atoms with Gasteiger partial charge in [-0.15, -0.1) is 0 Å². The predicted octanol–water partition coefficient (Wildman–Crippen LogP) is 6.35. The summed E-state index contributed by atoms with van der Waals surface area (Å²) in [6.07, 6.45) is 2.19. The van der Waals surface area contributed by atoms with Gasteiger partial charge in [0.05, 0.1) is 13.2 Å². The van der Waals surface area contributed by atoms with Crippen molar-refractivity contribution in [1.29, 1.82) is 0 Å². The van der Waals surface area contributed by atoms with E-state index in [2.05, 4.69) is 41.3 Å². The second-order valence-electron chi connectivity index (χ2n) is 7.94. The number of ether oxygens (including phenoxy) is 1. The molecule has 0 radical (unpaired) electrons. The van der Waals surface area contributed by atoms with Crippen molar-refractivity contribution in [2.45, 2.75) is 25.4 Å². The molecule has 1 saturated heterocycles. The van der Waals surface area contributed by atoms with Crippen LogP contribution in [0, 0.1) is 0 Å². The van der Waals surface area contributed by atoms with Crippen LogP contribution in [0.4, 0.5) is 0 Å². The Morgan fingerprint density at radius 1 is 0.935 bits per heavy atom. The average Bonchev–Trinajstić information content (AvgIpc) is 3.47. The molecule has 0 saturated carbocycles. The zero-order valence-corrected chi connectivity index (χ0v) is 17.7.